The summed E-state index contributed by atoms with van der Waals surface area (Å²) in [6, 6.07) is 2.48. The fourth-order valence-electron chi connectivity index (χ4n) is 3.38. The van der Waals surface area contributed by atoms with E-state index in [1.54, 1.807) is 13.8 Å². The van der Waals surface area contributed by atoms with Crippen molar-refractivity contribution in [2.45, 2.75) is 38.9 Å². The quantitative estimate of drug-likeness (QED) is 0.429. The van der Waals surface area contributed by atoms with Crippen molar-refractivity contribution in [3.8, 4) is 11.3 Å². The monoisotopic (exact) mass is 531 g/mol. The number of hydrogen-bond donors (Lipinski definition) is 2. The number of alkyl halides is 3. The van der Waals surface area contributed by atoms with Crippen LogP contribution in [0, 0.1) is 0 Å². The van der Waals surface area contributed by atoms with Gasteiger partial charge in [0.15, 0.2) is 12.5 Å². The Morgan fingerprint density at radius 2 is 1.89 bits per heavy atom. The zero-order chi connectivity index (χ0) is 27.0. The van der Waals surface area contributed by atoms with E-state index in [0.717, 1.165) is 13.0 Å². The first-order valence-corrected chi connectivity index (χ1v) is 11.8. The minimum absolute atomic E-state index is 0.0433. The van der Waals surface area contributed by atoms with Crippen molar-refractivity contribution in [3.05, 3.63) is 50.8 Å². The standard InChI is InChI=1S/C20H20F3N5O7S/c1-10(2)28-16(4-5-24-28)12-6-13-15(7-14(12)20(21,22)23)25-19(32)27(18(13)31)9-36(33,34)26-17(30)8-35-11(3)29/h4-7,10H,8-9H2,1-3H3,(H,25,32)(H,26,30). The van der Waals surface area contributed by atoms with Crippen LogP contribution in [-0.2, 0) is 36.4 Å². The second kappa shape index (κ2) is 9.60. The number of esters is 1. The molecule has 0 radical (unpaired) electrons. The van der Waals surface area contributed by atoms with Crippen LogP contribution in [0.1, 0.15) is 32.4 Å². The number of hydrogen-bond acceptors (Lipinski definition) is 8. The first-order valence-electron chi connectivity index (χ1n) is 10.2. The maximum atomic E-state index is 13.9. The highest BCUT2D eigenvalue weighted by atomic mass is 32.2. The number of H-pyrrole nitrogens is 1. The molecule has 2 heterocycles. The number of fused-ring (bicyclic) bond motifs is 1. The SMILES string of the molecule is CC(=O)OCC(=O)NS(=O)(=O)Cn1c(=O)[nH]c2cc(C(F)(F)F)c(-c3ccnn3C(C)C)cc2c1=O. The number of nitrogens with zero attached hydrogens (tertiary/aromatic N) is 3. The topological polar surface area (TPSA) is 162 Å². The van der Waals surface area contributed by atoms with E-state index in [1.807, 2.05) is 0 Å². The molecule has 16 heteroatoms. The highest BCUT2D eigenvalue weighted by Gasteiger charge is 2.35. The minimum atomic E-state index is -4.86. The van der Waals surface area contributed by atoms with E-state index in [9.17, 15) is 40.8 Å². The van der Waals surface area contributed by atoms with Gasteiger partial charge in [0, 0.05) is 24.7 Å². The summed E-state index contributed by atoms with van der Waals surface area (Å²) >= 11 is 0. The van der Waals surface area contributed by atoms with E-state index < -0.39 is 73.8 Å². The van der Waals surface area contributed by atoms with Crippen molar-refractivity contribution < 1.29 is 35.9 Å². The number of nitrogens with one attached hydrogen (secondary N) is 2. The largest absolute Gasteiger partial charge is 0.456 e. The molecule has 194 valence electrons. The molecule has 0 fully saturated rings. The van der Waals surface area contributed by atoms with Crippen molar-refractivity contribution >= 4 is 32.8 Å². The summed E-state index contributed by atoms with van der Waals surface area (Å²) in [5.41, 5.74) is -4.51. The smallest absolute Gasteiger partial charge is 0.417 e. The molecule has 2 aromatic heterocycles. The lowest BCUT2D eigenvalue weighted by atomic mass is 10.0. The van der Waals surface area contributed by atoms with E-state index in [4.69, 9.17) is 0 Å². The minimum Gasteiger partial charge on any atom is -0.456 e. The number of carbonyl (C=O) groups is 2. The lowest BCUT2D eigenvalue weighted by molar-refractivity contribution is -0.145. The van der Waals surface area contributed by atoms with Crippen molar-refractivity contribution in [1.29, 1.82) is 0 Å². The summed E-state index contributed by atoms with van der Waals surface area (Å²) in [5, 5.41) is 3.60. The Hall–Kier alpha value is -3.95. The van der Waals surface area contributed by atoms with Crippen molar-refractivity contribution in [2.75, 3.05) is 6.61 Å². The number of aromatic nitrogens is 4. The third-order valence-corrected chi connectivity index (χ3v) is 5.97. The van der Waals surface area contributed by atoms with Crippen LogP contribution in [0.3, 0.4) is 0 Å². The predicted molar refractivity (Wildman–Crippen MR) is 119 cm³/mol. The second-order valence-electron chi connectivity index (χ2n) is 7.91. The number of carbonyl (C=O) groups excluding carboxylic acids is 2. The Morgan fingerprint density at radius 1 is 1.22 bits per heavy atom. The molecule has 1 amide bonds. The van der Waals surface area contributed by atoms with Gasteiger partial charge in [-0.2, -0.15) is 18.3 Å². The van der Waals surface area contributed by atoms with E-state index >= 15 is 0 Å². The number of aromatic amines is 1. The molecule has 3 aromatic rings. The average Bonchev–Trinajstić information content (AvgIpc) is 3.24. The fraction of sp³-hybridized carbons (Fsp3) is 0.350. The van der Waals surface area contributed by atoms with Crippen LogP contribution < -0.4 is 16.0 Å². The van der Waals surface area contributed by atoms with Crippen molar-refractivity contribution in [2.24, 2.45) is 0 Å². The number of ether oxygens (including phenoxy) is 1. The molecule has 0 atom stereocenters. The van der Waals surface area contributed by atoms with Crippen molar-refractivity contribution in [1.82, 2.24) is 24.1 Å². The molecule has 3 rings (SSSR count). The Kier molecular flexibility index (Phi) is 7.11. The Morgan fingerprint density at radius 3 is 2.47 bits per heavy atom. The fourth-order valence-corrected chi connectivity index (χ4v) is 4.42. The van der Waals surface area contributed by atoms with E-state index in [2.05, 4.69) is 14.8 Å². The zero-order valence-corrected chi connectivity index (χ0v) is 19.9. The van der Waals surface area contributed by atoms with Crippen LogP contribution in [0.2, 0.25) is 0 Å². The number of benzene rings is 1. The molecule has 0 saturated heterocycles. The highest BCUT2D eigenvalue weighted by molar-refractivity contribution is 7.89. The van der Waals surface area contributed by atoms with Gasteiger partial charge in [0.1, 0.15) is 0 Å². The van der Waals surface area contributed by atoms with Crippen LogP contribution in [-0.4, -0.2) is 46.2 Å². The highest BCUT2D eigenvalue weighted by Crippen LogP contribution is 2.39. The van der Waals surface area contributed by atoms with Crippen LogP contribution in [0.5, 0.6) is 0 Å². The molecule has 0 aliphatic heterocycles. The maximum absolute atomic E-state index is 13.9. The summed E-state index contributed by atoms with van der Waals surface area (Å²) < 4.78 is 73.7. The van der Waals surface area contributed by atoms with E-state index in [-0.39, 0.29) is 16.3 Å². The van der Waals surface area contributed by atoms with Gasteiger partial charge in [0.25, 0.3) is 21.5 Å². The summed E-state index contributed by atoms with van der Waals surface area (Å²) in [4.78, 5) is 49.9. The molecule has 0 aliphatic rings. The molecule has 0 spiro atoms. The molecule has 12 nitrogen and oxygen atoms in total. The molecule has 1 aromatic carbocycles. The number of halogens is 3. The summed E-state index contributed by atoms with van der Waals surface area (Å²) in [7, 11) is -4.64. The molecule has 0 unspecified atom stereocenters. The van der Waals surface area contributed by atoms with Crippen LogP contribution in [0.4, 0.5) is 13.2 Å². The van der Waals surface area contributed by atoms with Gasteiger partial charge in [-0.05, 0) is 32.0 Å². The van der Waals surface area contributed by atoms with Gasteiger partial charge in [0.2, 0.25) is 0 Å². The molecule has 0 saturated carbocycles. The zero-order valence-electron chi connectivity index (χ0n) is 19.0. The number of rotatable bonds is 7. The normalized spacial score (nSPS) is 12.2. The van der Waals surface area contributed by atoms with Gasteiger partial charge in [-0.25, -0.2) is 22.5 Å². The van der Waals surface area contributed by atoms with Gasteiger partial charge in [-0.15, -0.1) is 0 Å². The molecule has 0 bridgehead atoms. The molecular formula is C20H20F3N5O7S. The summed E-state index contributed by atoms with van der Waals surface area (Å²) in [6.07, 6.45) is -3.58. The van der Waals surface area contributed by atoms with E-state index in [0.29, 0.717) is 6.07 Å². The van der Waals surface area contributed by atoms with Gasteiger partial charge in [-0.3, -0.25) is 19.1 Å². The lowest BCUT2D eigenvalue weighted by Crippen LogP contribution is -2.42. The molecular weight excluding hydrogens is 511 g/mol. The molecule has 2 N–H and O–H groups in total. The predicted octanol–water partition coefficient (Wildman–Crippen LogP) is 1.12. The maximum Gasteiger partial charge on any atom is 0.417 e. The average molecular weight is 531 g/mol. The van der Waals surface area contributed by atoms with Crippen molar-refractivity contribution in [3.63, 3.8) is 0 Å². The third kappa shape index (κ3) is 5.64. The van der Waals surface area contributed by atoms with Gasteiger partial charge in [0.05, 0.1) is 22.2 Å². The molecule has 36 heavy (non-hydrogen) atoms. The summed E-state index contributed by atoms with van der Waals surface area (Å²) in [5.74, 6) is -3.42. The number of sulfonamides is 1. The summed E-state index contributed by atoms with van der Waals surface area (Å²) in [6.45, 7) is 3.44. The van der Waals surface area contributed by atoms with Crippen LogP contribution in [0.15, 0.2) is 34.0 Å². The van der Waals surface area contributed by atoms with E-state index in [1.165, 1.54) is 21.7 Å². The first-order chi connectivity index (χ1) is 16.6. The number of amides is 1. The molecule has 0 aliphatic carbocycles. The van der Waals surface area contributed by atoms with Gasteiger partial charge in [-0.1, -0.05) is 0 Å². The van der Waals surface area contributed by atoms with Gasteiger partial charge >= 0.3 is 17.8 Å². The third-order valence-electron chi connectivity index (χ3n) is 4.84. The Bertz CT molecular complexity index is 1570. The van der Waals surface area contributed by atoms with Crippen LogP contribution >= 0.6 is 0 Å². The van der Waals surface area contributed by atoms with Gasteiger partial charge < -0.3 is 9.72 Å². The first kappa shape index (κ1) is 26.7. The van der Waals surface area contributed by atoms with Crippen LogP contribution in [0.25, 0.3) is 22.2 Å². The second-order valence-corrected chi connectivity index (χ2v) is 9.60. The Balaban J connectivity index is 2.15. The Labute approximate surface area is 200 Å². The lowest BCUT2D eigenvalue weighted by Gasteiger charge is -2.17.